The topological polar surface area (TPSA) is 98.8 Å². The third-order valence-electron chi connectivity index (χ3n) is 2.21. The fourth-order valence-electron chi connectivity index (χ4n) is 1.32. The number of hydrazone groups is 1. The van der Waals surface area contributed by atoms with Gasteiger partial charge in [-0.15, -0.1) is 11.3 Å². The summed E-state index contributed by atoms with van der Waals surface area (Å²) >= 11 is 1.60. The largest absolute Gasteiger partial charge is 0.323 e. The fourth-order valence-corrected chi connectivity index (χ4v) is 2.24. The summed E-state index contributed by atoms with van der Waals surface area (Å²) in [6.07, 6.45) is 1.58. The molecule has 92 valence electrons. The van der Waals surface area contributed by atoms with Gasteiger partial charge in [-0.25, -0.2) is 15.5 Å². The van der Waals surface area contributed by atoms with Crippen molar-refractivity contribution >= 4 is 27.8 Å². The molecule has 2 N–H and O–H groups in total. The van der Waals surface area contributed by atoms with Gasteiger partial charge in [0.1, 0.15) is 5.01 Å². The van der Waals surface area contributed by atoms with Crippen molar-refractivity contribution in [3.8, 4) is 13.1 Å². The molecule has 0 bridgehead atoms. The van der Waals surface area contributed by atoms with Crippen LogP contribution in [0.25, 0.3) is 10.2 Å². The Morgan fingerprint density at radius 2 is 1.78 bits per heavy atom. The van der Waals surface area contributed by atoms with E-state index in [1.54, 1.807) is 17.6 Å². The lowest BCUT2D eigenvalue weighted by molar-refractivity contribution is 1.26. The van der Waals surface area contributed by atoms with Crippen LogP contribution in [0.1, 0.15) is 16.1 Å². The number of hydrogen-bond acceptors (Lipinski definition) is 6. The normalized spacial score (nSPS) is 9.22. The predicted octanol–water partition coefficient (Wildman–Crippen LogP) is 2.49. The number of thiazole rings is 1. The summed E-state index contributed by atoms with van der Waals surface area (Å²) in [4.78, 5) is 4.39. The lowest BCUT2D eigenvalue weighted by Gasteiger charge is -1.96. The Morgan fingerprint density at radius 3 is 2.33 bits per heavy atom. The van der Waals surface area contributed by atoms with Crippen molar-refractivity contribution in [1.82, 2.24) is 4.98 Å². The van der Waals surface area contributed by atoms with Crippen LogP contribution >= 0.6 is 11.3 Å². The first-order valence-corrected chi connectivity index (χ1v) is 5.65. The Kier molecular flexibility index (Phi) is 6.72. The quantitative estimate of drug-likeness (QED) is 0.483. The highest BCUT2D eigenvalue weighted by Gasteiger charge is 2.03. The van der Waals surface area contributed by atoms with Crippen molar-refractivity contribution in [3.05, 3.63) is 28.3 Å². The highest BCUT2D eigenvalue weighted by atomic mass is 32.1. The van der Waals surface area contributed by atoms with Crippen LogP contribution in [0.5, 0.6) is 0 Å². The van der Waals surface area contributed by atoms with E-state index in [-0.39, 0.29) is 0 Å². The minimum atomic E-state index is 0.854. The van der Waals surface area contributed by atoms with Crippen molar-refractivity contribution in [2.75, 3.05) is 0 Å². The van der Waals surface area contributed by atoms with Crippen LogP contribution in [0.2, 0.25) is 0 Å². The van der Waals surface area contributed by atoms with E-state index in [9.17, 15) is 0 Å². The molecule has 0 aliphatic rings. The molecular formula is C12H13N5S. The summed E-state index contributed by atoms with van der Waals surface area (Å²) in [5, 5.41) is 17.3. The third-order valence-corrected chi connectivity index (χ3v) is 3.16. The van der Waals surface area contributed by atoms with Gasteiger partial charge in [0, 0.05) is 13.1 Å². The van der Waals surface area contributed by atoms with Crippen LogP contribution in [-0.4, -0.2) is 11.2 Å². The number of aromatic nitrogens is 1. The van der Waals surface area contributed by atoms with Gasteiger partial charge in [0.2, 0.25) is 0 Å². The molecule has 0 spiro atoms. The summed E-state index contributed by atoms with van der Waals surface area (Å²) in [6, 6.07) is 4.24. The smallest absolute Gasteiger partial charge is 0.137 e. The maximum absolute atomic E-state index is 6.50. The number of aryl methyl sites for hydroxylation is 2. The summed E-state index contributed by atoms with van der Waals surface area (Å²) in [6.45, 7) is 11.2. The molecule has 1 heterocycles. The second kappa shape index (κ2) is 7.77. The number of nitrogens with zero attached hydrogens (tertiary/aromatic N) is 4. The number of hydrogen-bond donors (Lipinski definition) is 1. The maximum atomic E-state index is 6.50. The van der Waals surface area contributed by atoms with Crippen LogP contribution in [0, 0.1) is 37.5 Å². The monoisotopic (exact) mass is 259 g/mol. The van der Waals surface area contributed by atoms with E-state index in [0.29, 0.717) is 0 Å². The van der Waals surface area contributed by atoms with Gasteiger partial charge in [-0.3, -0.25) is 0 Å². The van der Waals surface area contributed by atoms with Crippen molar-refractivity contribution < 1.29 is 0 Å². The molecule has 1 aromatic heterocycles. The second-order valence-electron chi connectivity index (χ2n) is 3.23. The van der Waals surface area contributed by atoms with Crippen molar-refractivity contribution in [2.45, 2.75) is 13.8 Å². The minimum absolute atomic E-state index is 0.854. The van der Waals surface area contributed by atoms with Gasteiger partial charge in [-0.2, -0.15) is 5.10 Å². The van der Waals surface area contributed by atoms with E-state index >= 15 is 0 Å². The van der Waals surface area contributed by atoms with E-state index in [0.717, 1.165) is 10.5 Å². The minimum Gasteiger partial charge on any atom is -0.323 e. The van der Waals surface area contributed by atoms with Crippen LogP contribution in [0.15, 0.2) is 17.2 Å². The molecule has 5 nitrogen and oxygen atoms in total. The molecular weight excluding hydrogens is 246 g/mol. The predicted molar refractivity (Wildman–Crippen MR) is 74.2 cm³/mol. The number of nitrogens with two attached hydrogens (primary N) is 1. The molecule has 0 saturated carbocycles. The molecule has 0 amide bonds. The van der Waals surface area contributed by atoms with Crippen LogP contribution in [0.3, 0.4) is 0 Å². The van der Waals surface area contributed by atoms with Crippen LogP contribution in [-0.2, 0) is 0 Å². The zero-order valence-electron chi connectivity index (χ0n) is 10.2. The van der Waals surface area contributed by atoms with Crippen molar-refractivity contribution in [1.29, 1.82) is 10.5 Å². The standard InChI is InChI=1S/C10H11N3S.2CHN/c1-6-3-8-9(4-7(6)2)14-10(13-8)5-12-11;2*1-2/h3-5H,11H2,1-2H3;2*1H. The maximum Gasteiger partial charge on any atom is 0.137 e. The number of benzene rings is 1. The molecule has 0 radical (unpaired) electrons. The van der Waals surface area contributed by atoms with Gasteiger partial charge in [0.25, 0.3) is 0 Å². The van der Waals surface area contributed by atoms with Gasteiger partial charge in [0.05, 0.1) is 16.4 Å². The van der Waals surface area contributed by atoms with Gasteiger partial charge < -0.3 is 5.84 Å². The Bertz CT molecular complexity index is 535. The van der Waals surface area contributed by atoms with E-state index < -0.39 is 0 Å². The molecule has 0 saturated heterocycles. The number of nitriles is 2. The van der Waals surface area contributed by atoms with Crippen molar-refractivity contribution in [3.63, 3.8) is 0 Å². The Balaban J connectivity index is 0.000000659. The zero-order valence-corrected chi connectivity index (χ0v) is 11.0. The molecule has 0 atom stereocenters. The molecule has 1 aromatic carbocycles. The summed E-state index contributed by atoms with van der Waals surface area (Å²) in [7, 11) is 0. The number of rotatable bonds is 1. The highest BCUT2D eigenvalue weighted by molar-refractivity contribution is 7.20. The first-order chi connectivity index (χ1) is 8.70. The molecule has 6 heteroatoms. The first-order valence-electron chi connectivity index (χ1n) is 4.83. The molecule has 0 aliphatic heterocycles. The lowest BCUT2D eigenvalue weighted by atomic mass is 10.1. The first kappa shape index (κ1) is 15.6. The van der Waals surface area contributed by atoms with E-state index in [1.165, 1.54) is 15.8 Å². The lowest BCUT2D eigenvalue weighted by Crippen LogP contribution is -1.84. The Labute approximate surface area is 110 Å². The molecule has 0 unspecified atom stereocenters. The van der Waals surface area contributed by atoms with Crippen molar-refractivity contribution in [2.24, 2.45) is 10.9 Å². The van der Waals surface area contributed by atoms with E-state index in [4.69, 9.17) is 16.4 Å². The SMILES string of the molecule is C#N.C#N.Cc1cc2nc(C=NN)sc2cc1C. The average molecular weight is 259 g/mol. The summed E-state index contributed by atoms with van der Waals surface area (Å²) < 4.78 is 1.18. The fraction of sp³-hybridized carbons (Fsp3) is 0.167. The third kappa shape index (κ3) is 3.55. The Hall–Kier alpha value is -2.44. The molecule has 0 aliphatic carbocycles. The summed E-state index contributed by atoms with van der Waals surface area (Å²) in [5.41, 5.74) is 3.57. The zero-order chi connectivity index (χ0) is 14.1. The van der Waals surface area contributed by atoms with Crippen LogP contribution in [0.4, 0.5) is 0 Å². The molecule has 18 heavy (non-hydrogen) atoms. The van der Waals surface area contributed by atoms with Crippen LogP contribution < -0.4 is 5.84 Å². The van der Waals surface area contributed by atoms with Gasteiger partial charge in [-0.1, -0.05) is 0 Å². The highest BCUT2D eigenvalue weighted by Crippen LogP contribution is 2.24. The van der Waals surface area contributed by atoms with Gasteiger partial charge in [-0.05, 0) is 37.1 Å². The Morgan fingerprint density at radius 1 is 1.22 bits per heavy atom. The molecule has 2 aromatic rings. The second-order valence-corrected chi connectivity index (χ2v) is 4.30. The molecule has 2 rings (SSSR count). The van der Waals surface area contributed by atoms with E-state index in [2.05, 4.69) is 49.2 Å². The number of fused-ring (bicyclic) bond motifs is 1. The van der Waals surface area contributed by atoms with Gasteiger partial charge in [0.15, 0.2) is 0 Å². The molecule has 0 fully saturated rings. The average Bonchev–Trinajstić information content (AvgIpc) is 2.77. The summed E-state index contributed by atoms with van der Waals surface area (Å²) in [5.74, 6) is 5.08. The van der Waals surface area contributed by atoms with Gasteiger partial charge >= 0.3 is 0 Å². The van der Waals surface area contributed by atoms with E-state index in [1.807, 2.05) is 0 Å².